The first-order chi connectivity index (χ1) is 7.61. The number of pyridine rings is 1. The number of hydrogen-bond acceptors (Lipinski definition) is 2. The van der Waals surface area contributed by atoms with Crippen LogP contribution in [0.2, 0.25) is 0 Å². The van der Waals surface area contributed by atoms with Gasteiger partial charge in [0.1, 0.15) is 5.82 Å². The van der Waals surface area contributed by atoms with Crippen molar-refractivity contribution in [1.29, 1.82) is 0 Å². The number of halogens is 2. The van der Waals surface area contributed by atoms with Crippen molar-refractivity contribution in [2.24, 2.45) is 5.92 Å². The zero-order valence-corrected chi connectivity index (χ0v) is 12.0. The second-order valence-corrected chi connectivity index (χ2v) is 5.61. The summed E-state index contributed by atoms with van der Waals surface area (Å²) in [7, 11) is 0. The van der Waals surface area contributed by atoms with E-state index in [9.17, 15) is 4.79 Å². The second kappa shape index (κ2) is 4.72. The molecule has 1 aromatic rings. The number of terminal acetylenes is 1. The monoisotopic (exact) mass is 390 g/mol. The molecule has 3 nitrogen and oxygen atoms in total. The van der Waals surface area contributed by atoms with Crippen LogP contribution in [0.15, 0.2) is 16.7 Å². The average molecular weight is 391 g/mol. The van der Waals surface area contributed by atoms with Crippen LogP contribution in [0.4, 0.5) is 5.82 Å². The van der Waals surface area contributed by atoms with Gasteiger partial charge in [-0.25, -0.2) is 4.98 Å². The highest BCUT2D eigenvalue weighted by atomic mass is 127. The van der Waals surface area contributed by atoms with E-state index in [0.717, 1.165) is 8.04 Å². The van der Waals surface area contributed by atoms with Gasteiger partial charge in [0.2, 0.25) is 5.91 Å². The van der Waals surface area contributed by atoms with Crippen LogP contribution in [-0.2, 0) is 4.79 Å². The van der Waals surface area contributed by atoms with Gasteiger partial charge in [-0.05, 0) is 44.6 Å². The molecule has 0 aliphatic carbocycles. The molecular weight excluding hydrogens is 383 g/mol. The van der Waals surface area contributed by atoms with E-state index < -0.39 is 0 Å². The fourth-order valence-electron chi connectivity index (χ4n) is 1.63. The Morgan fingerprint density at radius 3 is 3.00 bits per heavy atom. The summed E-state index contributed by atoms with van der Waals surface area (Å²) in [5.41, 5.74) is 0. The van der Waals surface area contributed by atoms with Crippen molar-refractivity contribution in [3.8, 4) is 12.3 Å². The molecule has 1 aromatic heterocycles. The normalized spacial score (nSPS) is 19.9. The summed E-state index contributed by atoms with van der Waals surface area (Å²) in [4.78, 5) is 17.7. The van der Waals surface area contributed by atoms with Crippen molar-refractivity contribution in [3.05, 3.63) is 20.3 Å². The van der Waals surface area contributed by atoms with E-state index in [4.69, 9.17) is 6.42 Å². The molecule has 16 heavy (non-hydrogen) atoms. The maximum Gasteiger partial charge on any atom is 0.229 e. The van der Waals surface area contributed by atoms with E-state index in [1.807, 2.05) is 6.07 Å². The third kappa shape index (κ3) is 2.23. The van der Waals surface area contributed by atoms with Crippen LogP contribution in [0, 0.1) is 21.8 Å². The van der Waals surface area contributed by atoms with Gasteiger partial charge in [-0.3, -0.25) is 9.69 Å². The maximum atomic E-state index is 11.8. The molecule has 5 heteroatoms. The quantitative estimate of drug-likeness (QED) is 0.545. The van der Waals surface area contributed by atoms with Crippen LogP contribution in [0.25, 0.3) is 0 Å². The lowest BCUT2D eigenvalue weighted by atomic mass is 10.1. The topological polar surface area (TPSA) is 33.2 Å². The highest BCUT2D eigenvalue weighted by molar-refractivity contribution is 14.1. The molecule has 2 heterocycles. The number of amides is 1. The summed E-state index contributed by atoms with van der Waals surface area (Å²) in [6, 6.07) is 1.93. The Morgan fingerprint density at radius 1 is 1.69 bits per heavy atom. The molecule has 0 radical (unpaired) electrons. The summed E-state index contributed by atoms with van der Waals surface area (Å²) in [6.45, 7) is 0.569. The van der Waals surface area contributed by atoms with E-state index in [0.29, 0.717) is 18.8 Å². The predicted molar refractivity (Wildman–Crippen MR) is 73.9 cm³/mol. The molecule has 1 aliphatic rings. The maximum absolute atomic E-state index is 11.8. The lowest BCUT2D eigenvalue weighted by Crippen LogP contribution is -2.26. The SMILES string of the molecule is C#CC1CC(=O)N(c2ncc(Br)cc2I)C1. The second-order valence-electron chi connectivity index (χ2n) is 3.53. The number of nitrogens with zero attached hydrogens (tertiary/aromatic N) is 2. The van der Waals surface area contributed by atoms with Crippen molar-refractivity contribution < 1.29 is 4.79 Å². The zero-order chi connectivity index (χ0) is 11.7. The number of carbonyl (C=O) groups is 1. The van der Waals surface area contributed by atoms with Crippen LogP contribution >= 0.6 is 38.5 Å². The zero-order valence-electron chi connectivity index (χ0n) is 8.28. The number of anilines is 1. The van der Waals surface area contributed by atoms with Gasteiger partial charge in [-0.1, -0.05) is 0 Å². The minimum absolute atomic E-state index is 0.00810. The lowest BCUT2D eigenvalue weighted by molar-refractivity contribution is -0.117. The Labute approximate surface area is 116 Å². The van der Waals surface area contributed by atoms with E-state index in [-0.39, 0.29) is 11.8 Å². The summed E-state index contributed by atoms with van der Waals surface area (Å²) in [6.07, 6.45) is 7.45. The summed E-state index contributed by atoms with van der Waals surface area (Å²) < 4.78 is 1.85. The third-order valence-electron chi connectivity index (χ3n) is 2.40. The highest BCUT2D eigenvalue weighted by Gasteiger charge is 2.31. The van der Waals surface area contributed by atoms with E-state index >= 15 is 0 Å². The van der Waals surface area contributed by atoms with Crippen LogP contribution in [0.1, 0.15) is 6.42 Å². The Balaban J connectivity index is 2.32. The smallest absolute Gasteiger partial charge is 0.229 e. The molecule has 1 amide bonds. The largest absolute Gasteiger partial charge is 0.295 e. The predicted octanol–water partition coefficient (Wildman–Crippen LogP) is 2.43. The van der Waals surface area contributed by atoms with E-state index in [2.05, 4.69) is 49.4 Å². The molecule has 0 bridgehead atoms. The molecule has 1 unspecified atom stereocenters. The minimum Gasteiger partial charge on any atom is -0.295 e. The van der Waals surface area contributed by atoms with Crippen LogP contribution in [0.5, 0.6) is 0 Å². The molecule has 0 N–H and O–H groups in total. The summed E-state index contributed by atoms with van der Waals surface area (Å²) in [5.74, 6) is 3.38. The van der Waals surface area contributed by atoms with Crippen LogP contribution < -0.4 is 4.90 Å². The first-order valence-corrected chi connectivity index (χ1v) is 6.56. The van der Waals surface area contributed by atoms with Gasteiger partial charge in [0.25, 0.3) is 0 Å². The fraction of sp³-hybridized carbons (Fsp3) is 0.273. The molecule has 1 fully saturated rings. The van der Waals surface area contributed by atoms with Gasteiger partial charge >= 0.3 is 0 Å². The molecule has 1 saturated heterocycles. The van der Waals surface area contributed by atoms with Crippen molar-refractivity contribution in [2.45, 2.75) is 6.42 Å². The Hall–Kier alpha value is -0.610. The average Bonchev–Trinajstić information content (AvgIpc) is 2.60. The number of rotatable bonds is 1. The summed E-state index contributed by atoms with van der Waals surface area (Å²) >= 11 is 5.51. The fourth-order valence-corrected chi connectivity index (χ4v) is 3.16. The van der Waals surface area contributed by atoms with Crippen molar-refractivity contribution in [3.63, 3.8) is 0 Å². The Bertz CT molecular complexity index is 483. The molecule has 0 saturated carbocycles. The first kappa shape index (κ1) is 11.9. The highest BCUT2D eigenvalue weighted by Crippen LogP contribution is 2.28. The molecule has 0 aromatic carbocycles. The molecule has 0 spiro atoms. The molecule has 82 valence electrons. The van der Waals surface area contributed by atoms with Crippen LogP contribution in [0.3, 0.4) is 0 Å². The third-order valence-corrected chi connectivity index (χ3v) is 3.63. The van der Waals surface area contributed by atoms with E-state index in [1.54, 1.807) is 11.1 Å². The summed E-state index contributed by atoms with van der Waals surface area (Å²) in [5, 5.41) is 0. The van der Waals surface area contributed by atoms with Crippen molar-refractivity contribution in [1.82, 2.24) is 4.98 Å². The van der Waals surface area contributed by atoms with Crippen molar-refractivity contribution >= 4 is 50.2 Å². The van der Waals surface area contributed by atoms with Gasteiger partial charge < -0.3 is 0 Å². The standard InChI is InChI=1S/C11H8BrIN2O/c1-2-7-3-10(16)15(6-7)11-9(13)4-8(12)5-14-11/h1,4-5,7H,3,6H2. The Kier molecular flexibility index (Phi) is 3.50. The van der Waals surface area contributed by atoms with Gasteiger partial charge in [0, 0.05) is 29.6 Å². The van der Waals surface area contributed by atoms with Gasteiger partial charge in [-0.2, -0.15) is 0 Å². The molecule has 2 rings (SSSR count). The lowest BCUT2D eigenvalue weighted by Gasteiger charge is -2.16. The van der Waals surface area contributed by atoms with Crippen LogP contribution in [-0.4, -0.2) is 17.4 Å². The first-order valence-electron chi connectivity index (χ1n) is 4.69. The molecule has 1 aliphatic heterocycles. The van der Waals surface area contributed by atoms with Gasteiger partial charge in [0.15, 0.2) is 0 Å². The van der Waals surface area contributed by atoms with E-state index in [1.165, 1.54) is 0 Å². The molecule has 1 atom stereocenters. The number of hydrogen-bond donors (Lipinski definition) is 0. The molecular formula is C11H8BrIN2O. The van der Waals surface area contributed by atoms with Gasteiger partial charge in [-0.15, -0.1) is 12.3 Å². The number of aromatic nitrogens is 1. The Morgan fingerprint density at radius 2 is 2.44 bits per heavy atom. The van der Waals surface area contributed by atoms with Gasteiger partial charge in [0.05, 0.1) is 3.57 Å². The van der Waals surface area contributed by atoms with Crippen molar-refractivity contribution in [2.75, 3.05) is 11.4 Å². The minimum atomic E-state index is 0.00810. The number of carbonyl (C=O) groups excluding carboxylic acids is 1.